The molecule has 0 radical (unpaired) electrons. The van der Waals surface area contributed by atoms with Crippen molar-refractivity contribution in [2.24, 2.45) is 0 Å². The van der Waals surface area contributed by atoms with Gasteiger partial charge in [0.05, 0.1) is 34.5 Å². The number of hydrogen-bond donors (Lipinski definition) is 1. The van der Waals surface area contributed by atoms with Crippen molar-refractivity contribution in [3.05, 3.63) is 34.6 Å². The molecule has 0 amide bonds. The Balaban J connectivity index is 3.50. The van der Waals surface area contributed by atoms with E-state index >= 15 is 0 Å². The fraction of sp³-hybridized carbons (Fsp3) is 0.769. The van der Waals surface area contributed by atoms with E-state index in [1.165, 1.54) is 6.07 Å². The highest BCUT2D eigenvalue weighted by Gasteiger charge is 2.43. The Morgan fingerprint density at radius 3 is 1.94 bits per heavy atom. The van der Waals surface area contributed by atoms with Crippen LogP contribution < -0.4 is 4.72 Å². The zero-order chi connectivity index (χ0) is 27.6. The summed E-state index contributed by atoms with van der Waals surface area (Å²) in [6.45, 7) is 28.1. The normalized spacial score (nSPS) is 16.8. The molecule has 1 N–H and O–H groups in total. The lowest BCUT2D eigenvalue weighted by molar-refractivity contribution is 0.0821. The molecule has 0 saturated heterocycles. The Hall–Kier alpha value is -0.0962. The molecule has 3 atom stereocenters. The first-order chi connectivity index (χ1) is 15.5. The Morgan fingerprint density at radius 2 is 1.49 bits per heavy atom. The molecule has 0 aliphatic heterocycles. The lowest BCUT2D eigenvalue weighted by Gasteiger charge is -2.44. The standard InChI is InChI=1S/C26H49ClFNO3SSi2/c1-24(2,3)33(30)29-22(17-19-16-20(27)14-15-21(19)28)23(32-35(12,13)26(7,8)9)18-31-34(10,11)25(4,5)6/h14-16,22-23,29H,17-18H2,1-13H3/t22-,23+,33-/m0/s1. The van der Waals surface area contributed by atoms with Crippen molar-refractivity contribution in [3.8, 4) is 0 Å². The summed E-state index contributed by atoms with van der Waals surface area (Å²) in [5.41, 5.74) is 0.470. The van der Waals surface area contributed by atoms with Gasteiger partial charge in [-0.05, 0) is 87.2 Å². The van der Waals surface area contributed by atoms with Gasteiger partial charge in [-0.15, -0.1) is 0 Å². The van der Waals surface area contributed by atoms with Crippen molar-refractivity contribution in [3.63, 3.8) is 0 Å². The van der Waals surface area contributed by atoms with Crippen LogP contribution in [-0.2, 0) is 26.3 Å². The van der Waals surface area contributed by atoms with E-state index in [0.29, 0.717) is 17.2 Å². The highest BCUT2D eigenvalue weighted by atomic mass is 35.5. The molecule has 0 bridgehead atoms. The molecule has 204 valence electrons. The average Bonchev–Trinajstić information content (AvgIpc) is 2.64. The van der Waals surface area contributed by atoms with Crippen LogP contribution in [0.4, 0.5) is 4.39 Å². The molecule has 1 rings (SSSR count). The molecule has 1 aromatic carbocycles. The van der Waals surface area contributed by atoms with Gasteiger partial charge in [0.15, 0.2) is 16.6 Å². The molecule has 35 heavy (non-hydrogen) atoms. The molecule has 1 aromatic rings. The van der Waals surface area contributed by atoms with Crippen molar-refractivity contribution in [2.75, 3.05) is 6.61 Å². The fourth-order valence-electron chi connectivity index (χ4n) is 2.79. The van der Waals surface area contributed by atoms with E-state index in [-0.39, 0.29) is 22.3 Å². The fourth-order valence-corrected chi connectivity index (χ4v) is 6.21. The minimum absolute atomic E-state index is 0.0305. The second kappa shape index (κ2) is 11.7. The van der Waals surface area contributed by atoms with Crippen molar-refractivity contribution < 1.29 is 17.5 Å². The molecular weight excluding hydrogens is 517 g/mol. The van der Waals surface area contributed by atoms with Crippen LogP contribution in [0.15, 0.2) is 18.2 Å². The quantitative estimate of drug-likeness (QED) is 0.294. The summed E-state index contributed by atoms with van der Waals surface area (Å²) in [7, 11) is -5.70. The van der Waals surface area contributed by atoms with Crippen LogP contribution >= 0.6 is 11.6 Å². The molecule has 4 nitrogen and oxygen atoms in total. The molecule has 0 aliphatic carbocycles. The maximum absolute atomic E-state index is 14.8. The predicted octanol–water partition coefficient (Wildman–Crippen LogP) is 7.85. The predicted molar refractivity (Wildman–Crippen MR) is 155 cm³/mol. The van der Waals surface area contributed by atoms with E-state index in [1.54, 1.807) is 12.1 Å². The molecule has 9 heteroatoms. The first-order valence-corrected chi connectivity index (χ1v) is 19.8. The topological polar surface area (TPSA) is 47.6 Å². The van der Waals surface area contributed by atoms with Crippen molar-refractivity contribution in [1.29, 1.82) is 0 Å². The van der Waals surface area contributed by atoms with Gasteiger partial charge in [-0.25, -0.2) is 13.3 Å². The van der Waals surface area contributed by atoms with E-state index in [1.807, 2.05) is 20.8 Å². The van der Waals surface area contributed by atoms with Gasteiger partial charge in [0, 0.05) is 5.02 Å². The highest BCUT2D eigenvalue weighted by Crippen LogP contribution is 2.40. The summed E-state index contributed by atoms with van der Waals surface area (Å²) >= 11 is 6.21. The second-order valence-corrected chi connectivity index (χ2v) is 25.5. The van der Waals surface area contributed by atoms with Crippen molar-refractivity contribution >= 4 is 39.2 Å². The summed E-state index contributed by atoms with van der Waals surface area (Å²) in [6.07, 6.45) is -0.122. The Bertz CT molecular complexity index is 877. The summed E-state index contributed by atoms with van der Waals surface area (Å²) in [5.74, 6) is -0.334. The third-order valence-corrected chi connectivity index (χ3v) is 18.2. The van der Waals surface area contributed by atoms with Gasteiger partial charge in [0.25, 0.3) is 0 Å². The second-order valence-electron chi connectivity index (χ2n) is 13.5. The maximum Gasteiger partial charge on any atom is 0.192 e. The van der Waals surface area contributed by atoms with E-state index in [2.05, 4.69) is 72.5 Å². The van der Waals surface area contributed by atoms with Crippen LogP contribution in [0.1, 0.15) is 67.9 Å². The first kappa shape index (κ1) is 32.9. The Kier molecular flexibility index (Phi) is 11.1. The number of halogens is 2. The smallest absolute Gasteiger partial charge is 0.192 e. The molecule has 0 heterocycles. The van der Waals surface area contributed by atoms with Crippen LogP contribution in [0.25, 0.3) is 0 Å². The summed E-state index contributed by atoms with van der Waals surface area (Å²) < 4.78 is 44.4. The largest absolute Gasteiger partial charge is 0.414 e. The molecule has 0 unspecified atom stereocenters. The van der Waals surface area contributed by atoms with E-state index in [4.69, 9.17) is 20.5 Å². The lowest BCUT2D eigenvalue weighted by atomic mass is 10.0. The summed E-state index contributed by atoms with van der Waals surface area (Å²) in [6, 6.07) is 4.14. The van der Waals surface area contributed by atoms with Gasteiger partial charge in [-0.1, -0.05) is 53.1 Å². The number of hydrogen-bond acceptors (Lipinski definition) is 3. The monoisotopic (exact) mass is 565 g/mol. The van der Waals surface area contributed by atoms with Gasteiger partial charge in [0.1, 0.15) is 5.82 Å². The Morgan fingerprint density at radius 1 is 0.971 bits per heavy atom. The molecule has 0 aromatic heterocycles. The zero-order valence-corrected chi connectivity index (χ0v) is 27.8. The van der Waals surface area contributed by atoms with Gasteiger partial charge < -0.3 is 8.85 Å². The highest BCUT2D eigenvalue weighted by molar-refractivity contribution is 7.84. The molecular formula is C26H49ClFNO3SSi2. The van der Waals surface area contributed by atoms with Gasteiger partial charge in [0.2, 0.25) is 0 Å². The summed E-state index contributed by atoms with van der Waals surface area (Å²) in [5, 5.41) is 0.471. The molecule has 0 saturated carbocycles. The molecule has 0 spiro atoms. The number of nitrogens with one attached hydrogen (secondary N) is 1. The zero-order valence-electron chi connectivity index (χ0n) is 24.2. The van der Waals surface area contributed by atoms with Crippen molar-refractivity contribution in [1.82, 2.24) is 4.72 Å². The minimum atomic E-state index is -2.23. The van der Waals surface area contributed by atoms with Crippen LogP contribution in [0.3, 0.4) is 0 Å². The van der Waals surface area contributed by atoms with Crippen molar-refractivity contribution in [2.45, 2.75) is 122 Å². The average molecular weight is 566 g/mol. The van der Waals surface area contributed by atoms with Crippen LogP contribution in [0.5, 0.6) is 0 Å². The number of rotatable bonds is 10. The third-order valence-electron chi connectivity index (χ3n) is 7.38. The SMILES string of the molecule is CC(C)(C)[S@](=O)N[C@@H](Cc1cc(Cl)ccc1F)[C@@H](CO[Si](C)(C)C(C)(C)C)O[Si](C)(C)C(C)(C)C. The van der Waals surface area contributed by atoms with Crippen LogP contribution in [-0.4, -0.2) is 44.3 Å². The van der Waals surface area contributed by atoms with E-state index < -0.39 is 44.5 Å². The maximum atomic E-state index is 14.8. The van der Waals surface area contributed by atoms with Crippen LogP contribution in [0, 0.1) is 5.82 Å². The first-order valence-electron chi connectivity index (χ1n) is 12.4. The van der Waals surface area contributed by atoms with Crippen LogP contribution in [0.2, 0.25) is 41.3 Å². The van der Waals surface area contributed by atoms with E-state index in [9.17, 15) is 8.60 Å². The number of benzene rings is 1. The lowest BCUT2D eigenvalue weighted by Crippen LogP contribution is -2.56. The summed E-state index contributed by atoms with van der Waals surface area (Å²) in [4.78, 5) is 0. The third kappa shape index (κ3) is 9.62. The molecule has 0 fully saturated rings. The molecule has 0 aliphatic rings. The minimum Gasteiger partial charge on any atom is -0.414 e. The van der Waals surface area contributed by atoms with Gasteiger partial charge in [-0.3, -0.25) is 0 Å². The van der Waals surface area contributed by atoms with E-state index in [0.717, 1.165) is 0 Å². The van der Waals surface area contributed by atoms with Gasteiger partial charge >= 0.3 is 0 Å². The Labute approximate surface area is 223 Å². The van der Waals surface area contributed by atoms with Gasteiger partial charge in [-0.2, -0.15) is 0 Å².